The maximum Gasteiger partial charge on any atom is 0.332 e. The first-order chi connectivity index (χ1) is 11.2. The summed E-state index contributed by atoms with van der Waals surface area (Å²) in [7, 11) is -3.80. The van der Waals surface area contributed by atoms with Crippen LogP contribution in [0, 0.1) is 0 Å². The van der Waals surface area contributed by atoms with E-state index in [2.05, 4.69) is 4.72 Å². The van der Waals surface area contributed by atoms with Gasteiger partial charge < -0.3 is 4.90 Å². The Morgan fingerprint density at radius 1 is 1.33 bits per heavy atom. The molecule has 3 amide bonds. The van der Waals surface area contributed by atoms with Crippen molar-refractivity contribution in [3.8, 4) is 0 Å². The summed E-state index contributed by atoms with van der Waals surface area (Å²) in [5, 5.41) is -0.598. The average molecular weight is 396 g/mol. The summed E-state index contributed by atoms with van der Waals surface area (Å²) in [5.41, 5.74) is 0.136. The number of carbonyl (C=O) groups is 2. The number of amides is 3. The summed E-state index contributed by atoms with van der Waals surface area (Å²) in [4.78, 5) is 26.8. The van der Waals surface area contributed by atoms with E-state index in [0.29, 0.717) is 0 Å². The van der Waals surface area contributed by atoms with E-state index in [4.69, 9.17) is 23.2 Å². The van der Waals surface area contributed by atoms with Crippen molar-refractivity contribution >= 4 is 56.5 Å². The van der Waals surface area contributed by atoms with Gasteiger partial charge in [0.2, 0.25) is 10.0 Å². The number of halogens is 3. The first kappa shape index (κ1) is 17.2. The fraction of sp³-hybridized carbons (Fsp3) is 0.385. The third-order valence-corrected chi connectivity index (χ3v) is 5.82. The fourth-order valence-corrected chi connectivity index (χ4v) is 3.71. The summed E-state index contributed by atoms with van der Waals surface area (Å²) >= 11 is 11.3. The van der Waals surface area contributed by atoms with Gasteiger partial charge in [0, 0.05) is 6.42 Å². The highest BCUT2D eigenvalue weighted by Gasteiger charge is 2.51. The standard InChI is InChI=1S/C13H12Cl2FN3O4S/c14-6-24(22,23)17-10-4-8(1-2-9(10)15)19-12(20)11-3-7(16)5-18(11)13(19)21/h1-2,4,7,11,17H,3,5-6H2/t7-,11+/m0/s1. The molecule has 3 rings (SSSR count). The highest BCUT2D eigenvalue weighted by molar-refractivity contribution is 7.93. The third kappa shape index (κ3) is 2.91. The molecule has 0 aliphatic carbocycles. The van der Waals surface area contributed by atoms with E-state index in [1.165, 1.54) is 23.1 Å². The van der Waals surface area contributed by atoms with Crippen molar-refractivity contribution in [2.24, 2.45) is 0 Å². The molecule has 0 bridgehead atoms. The molecule has 24 heavy (non-hydrogen) atoms. The third-order valence-electron chi connectivity index (χ3n) is 3.81. The van der Waals surface area contributed by atoms with Gasteiger partial charge in [0.1, 0.15) is 17.4 Å². The molecule has 2 heterocycles. The minimum Gasteiger partial charge on any atom is -0.309 e. The molecule has 0 saturated carbocycles. The van der Waals surface area contributed by atoms with Crippen LogP contribution in [0.1, 0.15) is 6.42 Å². The van der Waals surface area contributed by atoms with E-state index in [1.807, 2.05) is 0 Å². The monoisotopic (exact) mass is 395 g/mol. The number of anilines is 2. The van der Waals surface area contributed by atoms with Crippen molar-refractivity contribution in [3.63, 3.8) is 0 Å². The second-order valence-corrected chi connectivity index (χ2v) is 8.16. The Balaban J connectivity index is 1.93. The number of fused-ring (bicyclic) bond motifs is 1. The second kappa shape index (κ2) is 6.05. The number of benzene rings is 1. The first-order valence-electron chi connectivity index (χ1n) is 6.88. The average Bonchev–Trinajstić information content (AvgIpc) is 3.00. The van der Waals surface area contributed by atoms with Crippen LogP contribution < -0.4 is 9.62 Å². The number of imide groups is 1. The molecule has 0 unspecified atom stereocenters. The van der Waals surface area contributed by atoms with Crippen LogP contribution in [-0.2, 0) is 14.8 Å². The Labute approximate surface area is 147 Å². The van der Waals surface area contributed by atoms with Gasteiger partial charge in [-0.3, -0.25) is 9.52 Å². The second-order valence-electron chi connectivity index (χ2n) is 5.45. The SMILES string of the molecule is O=C1[C@H]2C[C@H](F)CN2C(=O)N1c1ccc(Cl)c(NS(=O)(=O)CCl)c1. The summed E-state index contributed by atoms with van der Waals surface area (Å²) in [6, 6.07) is 2.55. The summed E-state index contributed by atoms with van der Waals surface area (Å²) in [6.45, 7) is -0.134. The number of nitrogens with one attached hydrogen (secondary N) is 1. The van der Waals surface area contributed by atoms with Crippen LogP contribution in [0.15, 0.2) is 18.2 Å². The van der Waals surface area contributed by atoms with Gasteiger partial charge in [-0.1, -0.05) is 11.6 Å². The molecule has 11 heteroatoms. The minimum atomic E-state index is -3.80. The zero-order chi connectivity index (χ0) is 17.6. The number of alkyl halides is 2. The predicted molar refractivity (Wildman–Crippen MR) is 87.6 cm³/mol. The molecule has 2 aliphatic rings. The number of carbonyl (C=O) groups excluding carboxylic acids is 2. The fourth-order valence-electron chi connectivity index (χ4n) is 2.77. The maximum atomic E-state index is 13.4. The van der Waals surface area contributed by atoms with Crippen LogP contribution in [0.3, 0.4) is 0 Å². The van der Waals surface area contributed by atoms with Crippen LogP contribution >= 0.6 is 23.2 Å². The van der Waals surface area contributed by atoms with Crippen LogP contribution in [0.4, 0.5) is 20.6 Å². The number of urea groups is 1. The molecule has 2 saturated heterocycles. The Hall–Kier alpha value is -1.58. The summed E-state index contributed by atoms with van der Waals surface area (Å²) in [5.74, 6) is -0.548. The van der Waals surface area contributed by atoms with Crippen LogP contribution in [-0.4, -0.2) is 49.2 Å². The molecule has 1 aromatic carbocycles. The van der Waals surface area contributed by atoms with Gasteiger partial charge in [-0.2, -0.15) is 0 Å². The van der Waals surface area contributed by atoms with E-state index in [0.717, 1.165) is 4.90 Å². The highest BCUT2D eigenvalue weighted by Crippen LogP contribution is 2.35. The highest BCUT2D eigenvalue weighted by atomic mass is 35.5. The molecule has 2 atom stereocenters. The van der Waals surface area contributed by atoms with Gasteiger partial charge in [0.25, 0.3) is 5.91 Å². The molecule has 2 aliphatic heterocycles. The van der Waals surface area contributed by atoms with Crippen LogP contribution in [0.2, 0.25) is 5.02 Å². The van der Waals surface area contributed by atoms with Crippen LogP contribution in [0.25, 0.3) is 0 Å². The molecule has 2 fully saturated rings. The van der Waals surface area contributed by atoms with Crippen molar-refractivity contribution in [2.75, 3.05) is 21.4 Å². The van der Waals surface area contributed by atoms with Gasteiger partial charge >= 0.3 is 6.03 Å². The lowest BCUT2D eigenvalue weighted by molar-refractivity contribution is -0.119. The van der Waals surface area contributed by atoms with Crippen molar-refractivity contribution in [2.45, 2.75) is 18.6 Å². The number of rotatable bonds is 4. The normalized spacial score (nSPS) is 23.8. The topological polar surface area (TPSA) is 86.8 Å². The molecule has 0 spiro atoms. The predicted octanol–water partition coefficient (Wildman–Crippen LogP) is 2.16. The smallest absolute Gasteiger partial charge is 0.309 e. The molecular weight excluding hydrogens is 384 g/mol. The Kier molecular flexibility index (Phi) is 4.35. The van der Waals surface area contributed by atoms with Gasteiger partial charge in [-0.05, 0) is 18.2 Å². The van der Waals surface area contributed by atoms with E-state index in [-0.39, 0.29) is 29.4 Å². The molecule has 0 aromatic heterocycles. The van der Waals surface area contributed by atoms with E-state index in [9.17, 15) is 22.4 Å². The van der Waals surface area contributed by atoms with E-state index in [1.54, 1.807) is 0 Å². The lowest BCUT2D eigenvalue weighted by Crippen LogP contribution is -2.34. The quantitative estimate of drug-likeness (QED) is 0.624. The Bertz CT molecular complexity index is 795. The van der Waals surface area contributed by atoms with Crippen LogP contribution in [0.5, 0.6) is 0 Å². The van der Waals surface area contributed by atoms with Crippen molar-refractivity contribution < 1.29 is 22.4 Å². The number of hydrogen-bond donors (Lipinski definition) is 1. The van der Waals surface area contributed by atoms with Gasteiger partial charge in [-0.25, -0.2) is 22.5 Å². The van der Waals surface area contributed by atoms with Crippen molar-refractivity contribution in [3.05, 3.63) is 23.2 Å². The molecule has 1 aromatic rings. The van der Waals surface area contributed by atoms with Gasteiger partial charge in [-0.15, -0.1) is 11.6 Å². The molecule has 130 valence electrons. The maximum absolute atomic E-state index is 13.4. The van der Waals surface area contributed by atoms with Gasteiger partial charge in [0.05, 0.1) is 22.9 Å². The number of hydrogen-bond acceptors (Lipinski definition) is 4. The lowest BCUT2D eigenvalue weighted by atomic mass is 10.2. The Morgan fingerprint density at radius 2 is 2.04 bits per heavy atom. The van der Waals surface area contributed by atoms with Crippen molar-refractivity contribution in [1.29, 1.82) is 0 Å². The zero-order valence-corrected chi connectivity index (χ0v) is 14.4. The molecule has 0 radical (unpaired) electrons. The minimum absolute atomic E-state index is 0.00848. The number of sulfonamides is 1. The molecule has 7 nitrogen and oxygen atoms in total. The zero-order valence-electron chi connectivity index (χ0n) is 12.1. The lowest BCUT2D eigenvalue weighted by Gasteiger charge is -2.17. The Morgan fingerprint density at radius 3 is 2.67 bits per heavy atom. The van der Waals surface area contributed by atoms with E-state index >= 15 is 0 Å². The molecule has 1 N–H and O–H groups in total. The first-order valence-corrected chi connectivity index (χ1v) is 9.44. The largest absolute Gasteiger partial charge is 0.332 e. The van der Waals surface area contributed by atoms with E-state index < -0.39 is 39.4 Å². The van der Waals surface area contributed by atoms with Gasteiger partial charge in [0.15, 0.2) is 0 Å². The molecular formula is C13H12Cl2FN3O4S. The summed E-state index contributed by atoms with van der Waals surface area (Å²) < 4.78 is 38.7. The number of nitrogens with zero attached hydrogens (tertiary/aromatic N) is 2. The summed E-state index contributed by atoms with van der Waals surface area (Å²) in [6.07, 6.45) is -1.26. The van der Waals surface area contributed by atoms with Crippen molar-refractivity contribution in [1.82, 2.24) is 4.90 Å².